The Morgan fingerprint density at radius 3 is 2.90 bits per heavy atom. The summed E-state index contributed by atoms with van der Waals surface area (Å²) >= 11 is 0. The van der Waals surface area contributed by atoms with Crippen molar-refractivity contribution in [2.45, 2.75) is 36.5 Å². The highest BCUT2D eigenvalue weighted by Crippen LogP contribution is 2.41. The van der Waals surface area contributed by atoms with E-state index in [9.17, 15) is 9.00 Å². The van der Waals surface area contributed by atoms with Crippen molar-refractivity contribution in [3.63, 3.8) is 0 Å². The zero-order valence-corrected chi connectivity index (χ0v) is 17.5. The van der Waals surface area contributed by atoms with Gasteiger partial charge in [-0.25, -0.2) is 0 Å². The first-order valence-electron chi connectivity index (χ1n) is 10.3. The number of hydrogen-bond donors (Lipinski definition) is 1. The molecule has 1 N–H and O–H groups in total. The fourth-order valence-corrected chi connectivity index (χ4v) is 6.15. The average molecular weight is 415 g/mol. The number of nitrogens with zero attached hydrogens (tertiary/aromatic N) is 3. The SMILES string of the molecule is Cc1cccc2c1S(=O)Cc1c(C(=O)N3CCOCC3)nn(C3CCCNC3)c1-2. The van der Waals surface area contributed by atoms with Crippen molar-refractivity contribution < 1.29 is 13.7 Å². The van der Waals surface area contributed by atoms with E-state index in [-0.39, 0.29) is 11.9 Å². The molecule has 0 saturated carbocycles. The molecule has 1 aromatic heterocycles. The number of aryl methyl sites for hydroxylation is 1. The van der Waals surface area contributed by atoms with Crippen LogP contribution in [-0.4, -0.2) is 64.2 Å². The Labute approximate surface area is 172 Å². The number of benzene rings is 1. The van der Waals surface area contributed by atoms with Gasteiger partial charge in [0.05, 0.1) is 46.4 Å². The summed E-state index contributed by atoms with van der Waals surface area (Å²) in [6.45, 7) is 6.10. The van der Waals surface area contributed by atoms with Crippen LogP contribution >= 0.6 is 0 Å². The van der Waals surface area contributed by atoms with Crippen LogP contribution in [0.2, 0.25) is 0 Å². The monoisotopic (exact) mass is 414 g/mol. The van der Waals surface area contributed by atoms with Gasteiger partial charge in [0.2, 0.25) is 0 Å². The van der Waals surface area contributed by atoms with Gasteiger partial charge in [-0.05, 0) is 31.9 Å². The van der Waals surface area contributed by atoms with Gasteiger partial charge in [0.15, 0.2) is 5.69 Å². The summed E-state index contributed by atoms with van der Waals surface area (Å²) in [7, 11) is -1.18. The van der Waals surface area contributed by atoms with E-state index in [0.29, 0.717) is 37.8 Å². The maximum Gasteiger partial charge on any atom is 0.274 e. The van der Waals surface area contributed by atoms with Crippen LogP contribution in [0.3, 0.4) is 0 Å². The Bertz CT molecular complexity index is 975. The molecule has 2 aromatic rings. The summed E-state index contributed by atoms with van der Waals surface area (Å²) in [5.74, 6) is 0.277. The maximum atomic E-state index is 13.3. The van der Waals surface area contributed by atoms with E-state index < -0.39 is 10.8 Å². The van der Waals surface area contributed by atoms with Crippen LogP contribution in [0, 0.1) is 6.92 Å². The third kappa shape index (κ3) is 3.23. The van der Waals surface area contributed by atoms with Gasteiger partial charge in [0.25, 0.3) is 5.91 Å². The molecule has 2 fully saturated rings. The number of piperidine rings is 1. The predicted octanol–water partition coefficient (Wildman–Crippen LogP) is 1.88. The highest BCUT2D eigenvalue weighted by atomic mass is 32.2. The summed E-state index contributed by atoms with van der Waals surface area (Å²) < 4.78 is 20.6. The number of nitrogens with one attached hydrogen (secondary N) is 1. The Hall–Kier alpha value is -2.03. The molecular weight excluding hydrogens is 388 g/mol. The average Bonchev–Trinajstić information content (AvgIpc) is 3.14. The van der Waals surface area contributed by atoms with Crippen molar-refractivity contribution in [2.24, 2.45) is 0 Å². The first-order valence-corrected chi connectivity index (χ1v) is 11.6. The van der Waals surface area contributed by atoms with Crippen LogP contribution in [0.25, 0.3) is 11.3 Å². The Kier molecular flexibility index (Phi) is 5.01. The predicted molar refractivity (Wildman–Crippen MR) is 110 cm³/mol. The molecule has 0 spiro atoms. The van der Waals surface area contributed by atoms with Crippen molar-refractivity contribution >= 4 is 16.7 Å². The van der Waals surface area contributed by atoms with Gasteiger partial charge in [-0.2, -0.15) is 5.10 Å². The van der Waals surface area contributed by atoms with Gasteiger partial charge in [0, 0.05) is 30.8 Å². The highest BCUT2D eigenvalue weighted by Gasteiger charge is 2.36. The van der Waals surface area contributed by atoms with E-state index in [0.717, 1.165) is 53.2 Å². The number of aromatic nitrogens is 2. The molecule has 0 radical (unpaired) electrons. The normalized spacial score (nSPS) is 24.1. The van der Waals surface area contributed by atoms with Gasteiger partial charge in [-0.15, -0.1) is 0 Å². The second-order valence-electron chi connectivity index (χ2n) is 7.97. The van der Waals surface area contributed by atoms with Gasteiger partial charge in [-0.3, -0.25) is 13.7 Å². The molecule has 2 saturated heterocycles. The molecule has 3 aliphatic heterocycles. The number of amides is 1. The molecule has 3 aliphatic rings. The maximum absolute atomic E-state index is 13.3. The molecule has 154 valence electrons. The van der Waals surface area contributed by atoms with E-state index >= 15 is 0 Å². The second kappa shape index (κ2) is 7.66. The van der Waals surface area contributed by atoms with Crippen LogP contribution in [-0.2, 0) is 21.3 Å². The minimum absolute atomic E-state index is 0.0693. The second-order valence-corrected chi connectivity index (χ2v) is 9.35. The largest absolute Gasteiger partial charge is 0.378 e. The quantitative estimate of drug-likeness (QED) is 0.812. The lowest BCUT2D eigenvalue weighted by atomic mass is 10.0. The van der Waals surface area contributed by atoms with Gasteiger partial charge < -0.3 is 15.0 Å². The lowest BCUT2D eigenvalue weighted by Gasteiger charge is -2.27. The molecule has 0 aliphatic carbocycles. The lowest BCUT2D eigenvalue weighted by Crippen LogP contribution is -2.41. The van der Waals surface area contributed by atoms with Gasteiger partial charge in [0.1, 0.15) is 0 Å². The van der Waals surface area contributed by atoms with Crippen molar-refractivity contribution in [1.82, 2.24) is 20.0 Å². The van der Waals surface area contributed by atoms with Gasteiger partial charge in [-0.1, -0.05) is 18.2 Å². The molecule has 29 heavy (non-hydrogen) atoms. The Morgan fingerprint density at radius 1 is 1.31 bits per heavy atom. The molecule has 2 atom stereocenters. The van der Waals surface area contributed by atoms with Crippen LogP contribution < -0.4 is 5.32 Å². The fraction of sp³-hybridized carbons (Fsp3) is 0.524. The first-order chi connectivity index (χ1) is 14.1. The van der Waals surface area contributed by atoms with Crippen LogP contribution in [0.15, 0.2) is 23.1 Å². The summed E-state index contributed by atoms with van der Waals surface area (Å²) in [5.41, 5.74) is 4.27. The van der Waals surface area contributed by atoms with Crippen molar-refractivity contribution in [1.29, 1.82) is 0 Å². The smallest absolute Gasteiger partial charge is 0.274 e. The van der Waals surface area contributed by atoms with E-state index in [2.05, 4.69) is 5.32 Å². The van der Waals surface area contributed by atoms with E-state index in [4.69, 9.17) is 9.84 Å². The van der Waals surface area contributed by atoms with Gasteiger partial charge >= 0.3 is 0 Å². The lowest BCUT2D eigenvalue weighted by molar-refractivity contribution is 0.0297. The van der Waals surface area contributed by atoms with E-state index in [1.807, 2.05) is 34.7 Å². The topological polar surface area (TPSA) is 76.5 Å². The fourth-order valence-electron chi connectivity index (χ4n) is 4.63. The summed E-state index contributed by atoms with van der Waals surface area (Å²) in [4.78, 5) is 16.0. The number of carbonyl (C=O) groups excluding carboxylic acids is 1. The zero-order chi connectivity index (χ0) is 20.0. The zero-order valence-electron chi connectivity index (χ0n) is 16.6. The minimum atomic E-state index is -1.18. The molecule has 8 heteroatoms. The molecular formula is C21H26N4O3S. The number of rotatable bonds is 2. The van der Waals surface area contributed by atoms with Crippen LogP contribution in [0.1, 0.15) is 40.5 Å². The Morgan fingerprint density at radius 2 is 2.14 bits per heavy atom. The molecule has 7 nitrogen and oxygen atoms in total. The summed E-state index contributed by atoms with van der Waals surface area (Å²) in [6, 6.07) is 6.23. The van der Waals surface area contributed by atoms with Crippen LogP contribution in [0.4, 0.5) is 0 Å². The molecule has 2 unspecified atom stereocenters. The Balaban J connectivity index is 1.67. The minimum Gasteiger partial charge on any atom is -0.378 e. The van der Waals surface area contributed by atoms with Crippen molar-refractivity contribution in [3.05, 3.63) is 35.0 Å². The third-order valence-corrected chi connectivity index (χ3v) is 7.64. The first kappa shape index (κ1) is 19.0. The number of morpholine rings is 1. The number of fused-ring (bicyclic) bond motifs is 3. The molecule has 0 bridgehead atoms. The number of hydrogen-bond acceptors (Lipinski definition) is 5. The summed E-state index contributed by atoms with van der Waals surface area (Å²) in [5, 5.41) is 8.32. The molecule has 4 heterocycles. The molecule has 5 rings (SSSR count). The van der Waals surface area contributed by atoms with E-state index in [1.54, 1.807) is 0 Å². The van der Waals surface area contributed by atoms with E-state index in [1.165, 1.54) is 0 Å². The highest BCUT2D eigenvalue weighted by molar-refractivity contribution is 7.84. The van der Waals surface area contributed by atoms with Crippen LogP contribution in [0.5, 0.6) is 0 Å². The number of carbonyl (C=O) groups is 1. The molecule has 1 aromatic carbocycles. The number of ether oxygens (including phenoxy) is 1. The van der Waals surface area contributed by atoms with Crippen molar-refractivity contribution in [3.8, 4) is 11.3 Å². The summed E-state index contributed by atoms with van der Waals surface area (Å²) in [6.07, 6.45) is 2.11. The standard InChI is InChI=1S/C21H26N4O3S/c1-14-4-2-6-16-19-17(13-29(27)20(14)16)18(21(26)24-8-10-28-11-9-24)23-25(19)15-5-3-7-22-12-15/h2,4,6,15,22H,3,5,7-13H2,1H3. The van der Waals surface area contributed by atoms with Crippen molar-refractivity contribution in [2.75, 3.05) is 39.4 Å². The third-order valence-electron chi connectivity index (χ3n) is 6.10. The molecule has 1 amide bonds.